The predicted molar refractivity (Wildman–Crippen MR) is 37.1 cm³/mol. The zero-order valence-corrected chi connectivity index (χ0v) is 5.89. The van der Waals surface area contributed by atoms with Crippen molar-refractivity contribution >= 4 is 0 Å². The summed E-state index contributed by atoms with van der Waals surface area (Å²) in [4.78, 5) is 0. The number of aryl methyl sites for hydroxylation is 2. The molecule has 0 saturated heterocycles. The summed E-state index contributed by atoms with van der Waals surface area (Å²) in [6, 6.07) is 0. The second-order valence-electron chi connectivity index (χ2n) is 2.10. The summed E-state index contributed by atoms with van der Waals surface area (Å²) >= 11 is 0. The molecular weight excluding hydrogens is 112 g/mol. The first-order valence-corrected chi connectivity index (χ1v) is 3.10. The molecule has 0 spiro atoms. The summed E-state index contributed by atoms with van der Waals surface area (Å²) in [5.41, 5.74) is 2.05. The molecule has 1 heterocycles. The Morgan fingerprint density at radius 1 is 1.78 bits per heavy atom. The minimum Gasteiger partial charge on any atom is -0.272 e. The average molecular weight is 123 g/mol. The smallest absolute Gasteiger partial charge is 0.0625 e. The van der Waals surface area contributed by atoms with Gasteiger partial charge in [0.25, 0.3) is 0 Å². The maximum absolute atomic E-state index is 4.18. The van der Waals surface area contributed by atoms with E-state index in [4.69, 9.17) is 0 Å². The molecule has 0 aliphatic rings. The summed E-state index contributed by atoms with van der Waals surface area (Å²) in [6.07, 6.45) is 1.95. The molecule has 0 aromatic carbocycles. The molecule has 0 fully saturated rings. The third-order valence-electron chi connectivity index (χ3n) is 1.37. The van der Waals surface area contributed by atoms with E-state index >= 15 is 0 Å². The normalized spacial score (nSPS) is 10.1. The number of rotatable bonds is 1. The van der Waals surface area contributed by atoms with E-state index in [-0.39, 0.29) is 0 Å². The van der Waals surface area contributed by atoms with Crippen LogP contribution in [0.5, 0.6) is 0 Å². The number of hydrogen-bond acceptors (Lipinski definition) is 1. The van der Waals surface area contributed by atoms with E-state index in [1.165, 1.54) is 0 Å². The first-order chi connectivity index (χ1) is 4.24. The fourth-order valence-corrected chi connectivity index (χ4v) is 0.721. The highest BCUT2D eigenvalue weighted by Gasteiger charge is 1.95. The number of nitrogens with zero attached hydrogens (tertiary/aromatic N) is 2. The third kappa shape index (κ3) is 1.12. The Kier molecular flexibility index (Phi) is 1.56. The van der Waals surface area contributed by atoms with Gasteiger partial charge in [-0.3, -0.25) is 4.68 Å². The second kappa shape index (κ2) is 2.21. The van der Waals surface area contributed by atoms with Gasteiger partial charge in [-0.1, -0.05) is 0 Å². The maximum Gasteiger partial charge on any atom is 0.0625 e. The van der Waals surface area contributed by atoms with Crippen LogP contribution >= 0.6 is 0 Å². The predicted octanol–water partition coefficient (Wildman–Crippen LogP) is 1.39. The summed E-state index contributed by atoms with van der Waals surface area (Å²) in [5, 5.41) is 4.18. The quantitative estimate of drug-likeness (QED) is 0.551. The first kappa shape index (κ1) is 6.33. The lowest BCUT2D eigenvalue weighted by molar-refractivity contribution is 0.653. The zero-order valence-electron chi connectivity index (χ0n) is 5.89. The number of hydrogen-bond donors (Lipinski definition) is 0. The molecule has 1 aromatic heterocycles. The highest BCUT2D eigenvalue weighted by Crippen LogP contribution is 2.01. The van der Waals surface area contributed by atoms with Gasteiger partial charge in [-0.2, -0.15) is 5.10 Å². The SMILES string of the molecule is [CH2]c1cn(CC)nc1C. The van der Waals surface area contributed by atoms with Gasteiger partial charge in [-0.15, -0.1) is 0 Å². The van der Waals surface area contributed by atoms with Gasteiger partial charge in [0.1, 0.15) is 0 Å². The standard InChI is InChI=1S/C7H11N2/c1-4-9-5-6(2)7(3)8-9/h5H,2,4H2,1,3H3. The minimum atomic E-state index is 0.927. The molecule has 0 atom stereocenters. The molecular formula is C7H11N2. The van der Waals surface area contributed by atoms with Gasteiger partial charge in [0.05, 0.1) is 5.69 Å². The van der Waals surface area contributed by atoms with Crippen LogP contribution in [0.1, 0.15) is 18.2 Å². The molecule has 0 aliphatic carbocycles. The highest BCUT2D eigenvalue weighted by atomic mass is 15.3. The van der Waals surface area contributed by atoms with Crippen LogP contribution in [0.25, 0.3) is 0 Å². The summed E-state index contributed by atoms with van der Waals surface area (Å²) in [5.74, 6) is 0. The van der Waals surface area contributed by atoms with E-state index in [2.05, 4.69) is 18.9 Å². The second-order valence-corrected chi connectivity index (χ2v) is 2.10. The van der Waals surface area contributed by atoms with Crippen molar-refractivity contribution in [3.05, 3.63) is 24.4 Å². The Hall–Kier alpha value is -0.790. The van der Waals surface area contributed by atoms with Gasteiger partial charge in [0.2, 0.25) is 0 Å². The molecule has 0 amide bonds. The van der Waals surface area contributed by atoms with Crippen molar-refractivity contribution in [3.8, 4) is 0 Å². The van der Waals surface area contributed by atoms with Crippen molar-refractivity contribution in [1.82, 2.24) is 9.78 Å². The lowest BCUT2D eigenvalue weighted by Crippen LogP contribution is -1.93. The van der Waals surface area contributed by atoms with Crippen molar-refractivity contribution in [2.24, 2.45) is 0 Å². The molecule has 0 aliphatic heterocycles. The van der Waals surface area contributed by atoms with Crippen LogP contribution in [-0.2, 0) is 6.54 Å². The molecule has 9 heavy (non-hydrogen) atoms. The Balaban J connectivity index is 2.98. The summed E-state index contributed by atoms with van der Waals surface area (Å²) in [6.45, 7) is 8.76. The highest BCUT2D eigenvalue weighted by molar-refractivity contribution is 5.17. The third-order valence-corrected chi connectivity index (χ3v) is 1.37. The van der Waals surface area contributed by atoms with Gasteiger partial charge in [0.15, 0.2) is 0 Å². The Morgan fingerprint density at radius 2 is 2.44 bits per heavy atom. The lowest BCUT2D eigenvalue weighted by Gasteiger charge is -1.89. The van der Waals surface area contributed by atoms with Gasteiger partial charge in [0, 0.05) is 12.7 Å². The topological polar surface area (TPSA) is 17.8 Å². The van der Waals surface area contributed by atoms with Crippen LogP contribution < -0.4 is 0 Å². The van der Waals surface area contributed by atoms with E-state index in [0.29, 0.717) is 0 Å². The van der Waals surface area contributed by atoms with Crippen LogP contribution in [0.3, 0.4) is 0 Å². The Morgan fingerprint density at radius 3 is 2.67 bits per heavy atom. The van der Waals surface area contributed by atoms with Crippen LogP contribution in [0.2, 0.25) is 0 Å². The molecule has 0 bridgehead atoms. The van der Waals surface area contributed by atoms with Crippen LogP contribution in [0.4, 0.5) is 0 Å². The summed E-state index contributed by atoms with van der Waals surface area (Å²) in [7, 11) is 0. The molecule has 49 valence electrons. The number of aromatic nitrogens is 2. The van der Waals surface area contributed by atoms with Crippen molar-refractivity contribution in [3.63, 3.8) is 0 Å². The van der Waals surface area contributed by atoms with Crippen molar-refractivity contribution < 1.29 is 0 Å². The van der Waals surface area contributed by atoms with Gasteiger partial charge >= 0.3 is 0 Å². The van der Waals surface area contributed by atoms with Crippen LogP contribution in [0.15, 0.2) is 6.20 Å². The first-order valence-electron chi connectivity index (χ1n) is 3.10. The van der Waals surface area contributed by atoms with Gasteiger partial charge in [-0.05, 0) is 26.3 Å². The maximum atomic E-state index is 4.18. The van der Waals surface area contributed by atoms with Crippen molar-refractivity contribution in [2.75, 3.05) is 0 Å². The lowest BCUT2D eigenvalue weighted by atomic mass is 10.3. The van der Waals surface area contributed by atoms with Crippen molar-refractivity contribution in [2.45, 2.75) is 20.4 Å². The Bertz CT molecular complexity index is 181. The average Bonchev–Trinajstić information content (AvgIpc) is 2.13. The van der Waals surface area contributed by atoms with Crippen molar-refractivity contribution in [1.29, 1.82) is 0 Å². The van der Waals surface area contributed by atoms with E-state index in [1.54, 1.807) is 0 Å². The molecule has 0 saturated carbocycles. The van der Waals surface area contributed by atoms with Crippen LogP contribution in [0, 0.1) is 13.8 Å². The van der Waals surface area contributed by atoms with E-state index in [9.17, 15) is 0 Å². The van der Waals surface area contributed by atoms with Crippen LogP contribution in [-0.4, -0.2) is 9.78 Å². The largest absolute Gasteiger partial charge is 0.272 e. The molecule has 1 rings (SSSR count). The molecule has 1 aromatic rings. The fourth-order valence-electron chi connectivity index (χ4n) is 0.721. The monoisotopic (exact) mass is 123 g/mol. The molecule has 1 radical (unpaired) electrons. The van der Waals surface area contributed by atoms with E-state index in [1.807, 2.05) is 17.8 Å². The molecule has 2 nitrogen and oxygen atoms in total. The minimum absolute atomic E-state index is 0.927. The molecule has 2 heteroatoms. The van der Waals surface area contributed by atoms with E-state index in [0.717, 1.165) is 17.8 Å². The fraction of sp³-hybridized carbons (Fsp3) is 0.429. The van der Waals surface area contributed by atoms with E-state index < -0.39 is 0 Å². The van der Waals surface area contributed by atoms with Gasteiger partial charge < -0.3 is 0 Å². The van der Waals surface area contributed by atoms with Gasteiger partial charge in [-0.25, -0.2) is 0 Å². The molecule has 0 N–H and O–H groups in total. The zero-order chi connectivity index (χ0) is 6.85. The molecule has 0 unspecified atom stereocenters. The Labute approximate surface area is 55.5 Å². The summed E-state index contributed by atoms with van der Waals surface area (Å²) < 4.78 is 1.89.